The molecule has 6 nitrogen and oxygen atoms in total. The molecular formula is C11H11F3N2O4. The van der Waals surface area contributed by atoms with Crippen molar-refractivity contribution in [2.24, 2.45) is 5.73 Å². The Labute approximate surface area is 111 Å². The molecule has 0 bridgehead atoms. The quantitative estimate of drug-likeness (QED) is 0.680. The van der Waals surface area contributed by atoms with Crippen LogP contribution >= 0.6 is 0 Å². The molecule has 0 aliphatic heterocycles. The molecule has 1 aromatic carbocycles. The van der Waals surface area contributed by atoms with E-state index in [2.05, 4.69) is 0 Å². The van der Waals surface area contributed by atoms with Gasteiger partial charge < -0.3 is 10.5 Å². The Morgan fingerprint density at radius 2 is 1.90 bits per heavy atom. The van der Waals surface area contributed by atoms with Crippen LogP contribution in [0.1, 0.15) is 19.4 Å². The number of nitro benzene ring substituents is 1. The van der Waals surface area contributed by atoms with Gasteiger partial charge in [-0.25, -0.2) is 0 Å². The average Bonchev–Trinajstić information content (AvgIpc) is 2.26. The molecule has 20 heavy (non-hydrogen) atoms. The molecular weight excluding hydrogens is 281 g/mol. The topological polar surface area (TPSA) is 95.5 Å². The molecule has 0 spiro atoms. The normalized spacial score (nSPS) is 12.1. The lowest BCUT2D eigenvalue weighted by Gasteiger charge is -2.23. The van der Waals surface area contributed by atoms with Crippen LogP contribution in [0.3, 0.4) is 0 Å². The van der Waals surface area contributed by atoms with Crippen LogP contribution in [0.4, 0.5) is 18.9 Å². The number of rotatable bonds is 4. The Balaban J connectivity index is 3.27. The molecule has 9 heteroatoms. The van der Waals surface area contributed by atoms with Gasteiger partial charge in [0.1, 0.15) is 11.3 Å². The zero-order valence-electron chi connectivity index (χ0n) is 10.5. The lowest BCUT2D eigenvalue weighted by Crippen LogP contribution is -2.43. The zero-order valence-corrected chi connectivity index (χ0v) is 10.5. The molecule has 0 radical (unpaired) electrons. The number of nitrogens with zero attached hydrogens (tertiary/aromatic N) is 1. The minimum Gasteiger partial charge on any atom is -0.478 e. The van der Waals surface area contributed by atoms with E-state index in [9.17, 15) is 28.1 Å². The highest BCUT2D eigenvalue weighted by Gasteiger charge is 2.39. The summed E-state index contributed by atoms with van der Waals surface area (Å²) < 4.78 is 43.2. The first-order valence-corrected chi connectivity index (χ1v) is 5.29. The van der Waals surface area contributed by atoms with Crippen molar-refractivity contribution >= 4 is 11.6 Å². The lowest BCUT2D eigenvalue weighted by atomic mass is 10.1. The Kier molecular flexibility index (Phi) is 3.92. The van der Waals surface area contributed by atoms with Crippen molar-refractivity contribution in [2.75, 3.05) is 0 Å². The maximum Gasteiger partial charge on any atom is 0.423 e. The smallest absolute Gasteiger partial charge is 0.423 e. The molecule has 0 aliphatic rings. The first kappa shape index (κ1) is 15.7. The van der Waals surface area contributed by atoms with Gasteiger partial charge in [0.25, 0.3) is 11.6 Å². The fourth-order valence-electron chi connectivity index (χ4n) is 1.31. The largest absolute Gasteiger partial charge is 0.478 e. The molecule has 0 saturated carbocycles. The molecule has 110 valence electrons. The minimum atomic E-state index is -4.92. The van der Waals surface area contributed by atoms with Crippen molar-refractivity contribution in [2.45, 2.75) is 25.6 Å². The molecule has 0 fully saturated rings. The number of hydrogen-bond acceptors (Lipinski definition) is 4. The van der Waals surface area contributed by atoms with Gasteiger partial charge in [-0.1, -0.05) is 0 Å². The second kappa shape index (κ2) is 4.99. The van der Waals surface area contributed by atoms with Crippen molar-refractivity contribution in [3.63, 3.8) is 0 Å². The zero-order chi connectivity index (χ0) is 15.7. The summed E-state index contributed by atoms with van der Waals surface area (Å²) in [5.41, 5.74) is 0.929. The highest BCUT2D eigenvalue weighted by molar-refractivity contribution is 5.82. The van der Waals surface area contributed by atoms with Gasteiger partial charge in [0.05, 0.1) is 4.92 Å². The van der Waals surface area contributed by atoms with E-state index in [0.717, 1.165) is 6.07 Å². The summed E-state index contributed by atoms with van der Waals surface area (Å²) in [5, 5.41) is 10.6. The maximum absolute atomic E-state index is 12.7. The van der Waals surface area contributed by atoms with Crippen molar-refractivity contribution < 1.29 is 27.6 Å². The van der Waals surface area contributed by atoms with Crippen LogP contribution in [0.25, 0.3) is 0 Å². The molecule has 1 amide bonds. The van der Waals surface area contributed by atoms with Crippen LogP contribution < -0.4 is 10.5 Å². The number of carbonyl (C=O) groups is 1. The Bertz CT molecular complexity index is 555. The number of ether oxygens (including phenoxy) is 1. The van der Waals surface area contributed by atoms with Crippen LogP contribution in [-0.2, 0) is 11.0 Å². The van der Waals surface area contributed by atoms with Gasteiger partial charge >= 0.3 is 6.18 Å². The number of hydrogen-bond donors (Lipinski definition) is 1. The summed E-state index contributed by atoms with van der Waals surface area (Å²) in [6, 6.07) is 2.09. The standard InChI is InChI=1S/C11H11F3N2O4/c1-10(2,9(15)17)20-6-3-4-8(16(18)19)7(5-6)11(12,13)14/h3-5H,1-2H3,(H2,15,17). The number of nitro groups is 1. The van der Waals surface area contributed by atoms with Crippen molar-refractivity contribution in [1.82, 2.24) is 0 Å². The maximum atomic E-state index is 12.7. The van der Waals surface area contributed by atoms with Crippen molar-refractivity contribution in [3.05, 3.63) is 33.9 Å². The molecule has 0 aromatic heterocycles. The lowest BCUT2D eigenvalue weighted by molar-refractivity contribution is -0.388. The Morgan fingerprint density at radius 3 is 2.30 bits per heavy atom. The SMILES string of the molecule is CC(C)(Oc1ccc([N+](=O)[O-])c(C(F)(F)F)c1)C(N)=O. The summed E-state index contributed by atoms with van der Waals surface area (Å²) in [6.45, 7) is 2.54. The average molecular weight is 292 g/mol. The van der Waals surface area contributed by atoms with Gasteiger partial charge in [0, 0.05) is 6.07 Å². The Hall–Kier alpha value is -2.32. The summed E-state index contributed by atoms with van der Waals surface area (Å²) in [4.78, 5) is 20.5. The number of nitrogens with two attached hydrogens (primary N) is 1. The Morgan fingerprint density at radius 1 is 1.35 bits per heavy atom. The number of primary amides is 1. The van der Waals surface area contributed by atoms with Crippen molar-refractivity contribution in [1.29, 1.82) is 0 Å². The van der Waals surface area contributed by atoms with E-state index in [1.807, 2.05) is 0 Å². The fraction of sp³-hybridized carbons (Fsp3) is 0.364. The third kappa shape index (κ3) is 3.37. The van der Waals surface area contributed by atoms with Crippen LogP contribution in [0.2, 0.25) is 0 Å². The van der Waals surface area contributed by atoms with Gasteiger partial charge in [-0.2, -0.15) is 13.2 Å². The number of benzene rings is 1. The van der Waals surface area contributed by atoms with Gasteiger partial charge in [-0.05, 0) is 26.0 Å². The van der Waals surface area contributed by atoms with Crippen LogP contribution in [0.15, 0.2) is 18.2 Å². The van der Waals surface area contributed by atoms with E-state index in [1.165, 1.54) is 13.8 Å². The highest BCUT2D eigenvalue weighted by atomic mass is 19.4. The summed E-state index contributed by atoms with van der Waals surface area (Å²) in [6.07, 6.45) is -4.92. The molecule has 0 unspecified atom stereocenters. The predicted octanol–water partition coefficient (Wildman–Crippen LogP) is 2.26. The van der Waals surface area contributed by atoms with E-state index in [-0.39, 0.29) is 5.75 Å². The van der Waals surface area contributed by atoms with Crippen LogP contribution in [0.5, 0.6) is 5.75 Å². The van der Waals surface area contributed by atoms with Gasteiger partial charge in [-0.3, -0.25) is 14.9 Å². The van der Waals surface area contributed by atoms with E-state index < -0.39 is 33.9 Å². The van der Waals surface area contributed by atoms with Crippen LogP contribution in [0, 0.1) is 10.1 Å². The highest BCUT2D eigenvalue weighted by Crippen LogP contribution is 2.38. The van der Waals surface area contributed by atoms with E-state index >= 15 is 0 Å². The second-order valence-electron chi connectivity index (χ2n) is 4.41. The predicted molar refractivity (Wildman–Crippen MR) is 62.0 cm³/mol. The van der Waals surface area contributed by atoms with Gasteiger partial charge in [0.2, 0.25) is 0 Å². The van der Waals surface area contributed by atoms with Gasteiger partial charge in [0.15, 0.2) is 5.60 Å². The molecule has 1 aromatic rings. The van der Waals surface area contributed by atoms with Crippen LogP contribution in [-0.4, -0.2) is 16.4 Å². The first-order valence-electron chi connectivity index (χ1n) is 5.29. The first-order chi connectivity index (χ1) is 8.95. The molecule has 2 N–H and O–H groups in total. The number of carbonyl (C=O) groups excluding carboxylic acids is 1. The summed E-state index contributed by atoms with van der Waals surface area (Å²) in [5.74, 6) is -1.23. The van der Waals surface area contributed by atoms with E-state index in [0.29, 0.717) is 12.1 Å². The van der Waals surface area contributed by atoms with Gasteiger partial charge in [-0.15, -0.1) is 0 Å². The third-order valence-corrected chi connectivity index (χ3v) is 2.44. The number of amides is 1. The third-order valence-electron chi connectivity index (χ3n) is 2.44. The molecule has 1 rings (SSSR count). The van der Waals surface area contributed by atoms with E-state index in [1.54, 1.807) is 0 Å². The minimum absolute atomic E-state index is 0.341. The number of halogens is 3. The number of alkyl halides is 3. The molecule has 0 saturated heterocycles. The molecule has 0 atom stereocenters. The summed E-state index contributed by atoms with van der Waals surface area (Å²) in [7, 11) is 0. The summed E-state index contributed by atoms with van der Waals surface area (Å²) >= 11 is 0. The van der Waals surface area contributed by atoms with Crippen molar-refractivity contribution in [3.8, 4) is 5.75 Å². The monoisotopic (exact) mass is 292 g/mol. The molecule has 0 aliphatic carbocycles. The fourth-order valence-corrected chi connectivity index (χ4v) is 1.31. The molecule has 0 heterocycles. The van der Waals surface area contributed by atoms with E-state index in [4.69, 9.17) is 10.5 Å². The second-order valence-corrected chi connectivity index (χ2v) is 4.41.